The monoisotopic (exact) mass is 269 g/mol. The molecule has 4 atom stereocenters. The highest BCUT2D eigenvalue weighted by Gasteiger charge is 2.40. The maximum Gasteiger partial charge on any atom is 0.326 e. The van der Waals surface area contributed by atoms with Crippen molar-refractivity contribution in [2.24, 2.45) is 17.6 Å². The van der Waals surface area contributed by atoms with Crippen LogP contribution in [0.1, 0.15) is 32.1 Å². The van der Waals surface area contributed by atoms with Crippen LogP contribution in [0.15, 0.2) is 0 Å². The van der Waals surface area contributed by atoms with Gasteiger partial charge in [0.2, 0.25) is 5.91 Å². The van der Waals surface area contributed by atoms with Gasteiger partial charge in [0, 0.05) is 6.04 Å². The molecule has 0 aromatic rings. The lowest BCUT2D eigenvalue weighted by molar-refractivity contribution is -0.140. The summed E-state index contributed by atoms with van der Waals surface area (Å²) in [6, 6.07) is -1.68. The number of carboxylic acid groups (broad SMARTS) is 1. The molecule has 7 heteroatoms. The number of fused-ring (bicyclic) bond motifs is 2. The zero-order valence-corrected chi connectivity index (χ0v) is 10.6. The van der Waals surface area contributed by atoms with E-state index < -0.39 is 30.4 Å². The quantitative estimate of drug-likeness (QED) is 0.552. The van der Waals surface area contributed by atoms with Crippen LogP contribution in [0.5, 0.6) is 0 Å². The summed E-state index contributed by atoms with van der Waals surface area (Å²) < 4.78 is 0. The molecule has 2 fully saturated rings. The molecule has 0 aliphatic heterocycles. The summed E-state index contributed by atoms with van der Waals surface area (Å²) in [5.74, 6) is -0.819. The Kier molecular flexibility index (Phi) is 3.92. The SMILES string of the molecule is NC(=O)C[C@H](NC(=O)NC1CC2CCC1C2)C(=O)O. The van der Waals surface area contributed by atoms with Gasteiger partial charge in [-0.25, -0.2) is 9.59 Å². The van der Waals surface area contributed by atoms with E-state index in [4.69, 9.17) is 10.8 Å². The van der Waals surface area contributed by atoms with Crippen molar-refractivity contribution in [2.75, 3.05) is 0 Å². The van der Waals surface area contributed by atoms with Crippen LogP contribution in [0, 0.1) is 11.8 Å². The van der Waals surface area contributed by atoms with Crippen molar-refractivity contribution in [3.63, 3.8) is 0 Å². The first-order valence-electron chi connectivity index (χ1n) is 6.54. The van der Waals surface area contributed by atoms with Crippen LogP contribution in [-0.2, 0) is 9.59 Å². The van der Waals surface area contributed by atoms with Crippen molar-refractivity contribution >= 4 is 17.9 Å². The van der Waals surface area contributed by atoms with E-state index in [-0.39, 0.29) is 6.04 Å². The number of nitrogens with two attached hydrogens (primary N) is 1. The minimum Gasteiger partial charge on any atom is -0.480 e. The second-order valence-electron chi connectivity index (χ2n) is 5.46. The number of hydrogen-bond donors (Lipinski definition) is 4. The predicted octanol–water partition coefficient (Wildman–Crippen LogP) is -0.197. The van der Waals surface area contributed by atoms with Crippen LogP contribution >= 0.6 is 0 Å². The summed E-state index contributed by atoms with van der Waals surface area (Å²) in [4.78, 5) is 33.4. The Hall–Kier alpha value is -1.79. The standard InChI is InChI=1S/C12H19N3O4/c13-10(16)5-9(11(17)18)15-12(19)14-8-4-6-1-2-7(8)3-6/h6-9H,1-5H2,(H2,13,16)(H,17,18)(H2,14,15,19)/t6?,7?,8?,9-/m0/s1. The minimum atomic E-state index is -1.27. The molecule has 0 saturated heterocycles. The highest BCUT2D eigenvalue weighted by Crippen LogP contribution is 2.44. The van der Waals surface area contributed by atoms with Gasteiger partial charge >= 0.3 is 12.0 Å². The fourth-order valence-corrected chi connectivity index (χ4v) is 3.19. The first-order chi connectivity index (χ1) is 8.95. The summed E-state index contributed by atoms with van der Waals surface area (Å²) in [7, 11) is 0. The first kappa shape index (κ1) is 13.6. The molecule has 0 aromatic heterocycles. The van der Waals surface area contributed by atoms with Gasteiger partial charge in [0.15, 0.2) is 0 Å². The highest BCUT2D eigenvalue weighted by atomic mass is 16.4. The summed E-state index contributed by atoms with van der Waals surface area (Å²) in [6.07, 6.45) is 4.06. The number of primary amides is 1. The molecule has 19 heavy (non-hydrogen) atoms. The van der Waals surface area contributed by atoms with Crippen molar-refractivity contribution < 1.29 is 19.5 Å². The largest absolute Gasteiger partial charge is 0.480 e. The van der Waals surface area contributed by atoms with Crippen molar-refractivity contribution in [2.45, 2.75) is 44.2 Å². The van der Waals surface area contributed by atoms with Gasteiger partial charge in [0.05, 0.1) is 6.42 Å². The Balaban J connectivity index is 1.82. The molecule has 0 radical (unpaired) electrons. The Morgan fingerprint density at radius 3 is 2.47 bits per heavy atom. The molecule has 7 nitrogen and oxygen atoms in total. The van der Waals surface area contributed by atoms with Crippen molar-refractivity contribution in [1.82, 2.24) is 10.6 Å². The molecule has 5 N–H and O–H groups in total. The predicted molar refractivity (Wildman–Crippen MR) is 66.1 cm³/mol. The lowest BCUT2D eigenvalue weighted by Crippen LogP contribution is -2.51. The number of carbonyl (C=O) groups is 3. The molecule has 3 amide bonds. The molecule has 2 rings (SSSR count). The number of carbonyl (C=O) groups excluding carboxylic acids is 2. The van der Waals surface area contributed by atoms with E-state index in [1.54, 1.807) is 0 Å². The third-order valence-electron chi connectivity index (χ3n) is 4.06. The number of amides is 3. The van der Waals surface area contributed by atoms with E-state index in [0.29, 0.717) is 11.8 Å². The molecule has 0 heterocycles. The van der Waals surface area contributed by atoms with E-state index >= 15 is 0 Å². The van der Waals surface area contributed by atoms with Crippen LogP contribution in [0.4, 0.5) is 4.79 Å². The number of hydrogen-bond acceptors (Lipinski definition) is 3. The van der Waals surface area contributed by atoms with Gasteiger partial charge in [-0.1, -0.05) is 6.42 Å². The molecular formula is C12H19N3O4. The molecule has 2 saturated carbocycles. The van der Waals surface area contributed by atoms with Crippen molar-refractivity contribution in [3.8, 4) is 0 Å². The first-order valence-corrected chi connectivity index (χ1v) is 6.54. The number of urea groups is 1. The van der Waals surface area contributed by atoms with Crippen molar-refractivity contribution in [3.05, 3.63) is 0 Å². The molecule has 2 aliphatic rings. The van der Waals surface area contributed by atoms with Crippen LogP contribution < -0.4 is 16.4 Å². The maximum atomic E-state index is 11.7. The van der Waals surface area contributed by atoms with E-state index in [1.807, 2.05) is 0 Å². The Labute approximate surface area is 110 Å². The second-order valence-corrected chi connectivity index (χ2v) is 5.46. The zero-order valence-electron chi connectivity index (χ0n) is 10.6. The summed E-state index contributed by atoms with van der Waals surface area (Å²) >= 11 is 0. The normalized spacial score (nSPS) is 29.8. The number of rotatable bonds is 5. The Morgan fingerprint density at radius 2 is 2.00 bits per heavy atom. The lowest BCUT2D eigenvalue weighted by atomic mass is 9.95. The van der Waals surface area contributed by atoms with Crippen molar-refractivity contribution in [1.29, 1.82) is 0 Å². The molecule has 0 aromatic carbocycles. The fraction of sp³-hybridized carbons (Fsp3) is 0.750. The second kappa shape index (κ2) is 5.46. The van der Waals surface area contributed by atoms with E-state index in [1.165, 1.54) is 6.42 Å². The molecule has 2 bridgehead atoms. The number of nitrogens with one attached hydrogen (secondary N) is 2. The highest BCUT2D eigenvalue weighted by molar-refractivity contribution is 5.87. The smallest absolute Gasteiger partial charge is 0.326 e. The lowest BCUT2D eigenvalue weighted by Gasteiger charge is -2.24. The third-order valence-corrected chi connectivity index (χ3v) is 4.06. The molecule has 3 unspecified atom stereocenters. The Bertz CT molecular complexity index is 398. The summed E-state index contributed by atoms with van der Waals surface area (Å²) in [6.45, 7) is 0. The van der Waals surface area contributed by atoms with Crippen LogP contribution in [0.2, 0.25) is 0 Å². The fourth-order valence-electron chi connectivity index (χ4n) is 3.19. The zero-order chi connectivity index (χ0) is 14.0. The minimum absolute atomic E-state index is 0.127. The topological polar surface area (TPSA) is 122 Å². The molecule has 0 spiro atoms. The van der Waals surface area contributed by atoms with Crippen LogP contribution in [0.3, 0.4) is 0 Å². The van der Waals surface area contributed by atoms with Gasteiger partial charge in [0.1, 0.15) is 6.04 Å². The van der Waals surface area contributed by atoms with Gasteiger partial charge in [-0.2, -0.15) is 0 Å². The average Bonchev–Trinajstić information content (AvgIpc) is 2.89. The van der Waals surface area contributed by atoms with Gasteiger partial charge in [-0.15, -0.1) is 0 Å². The van der Waals surface area contributed by atoms with Crippen LogP contribution in [-0.4, -0.2) is 35.1 Å². The molecule has 2 aliphatic carbocycles. The van der Waals surface area contributed by atoms with Gasteiger partial charge < -0.3 is 21.5 Å². The van der Waals surface area contributed by atoms with Gasteiger partial charge in [-0.3, -0.25) is 4.79 Å². The van der Waals surface area contributed by atoms with E-state index in [2.05, 4.69) is 10.6 Å². The molecule has 106 valence electrons. The Morgan fingerprint density at radius 1 is 1.26 bits per heavy atom. The van der Waals surface area contributed by atoms with E-state index in [0.717, 1.165) is 19.3 Å². The van der Waals surface area contributed by atoms with Crippen LogP contribution in [0.25, 0.3) is 0 Å². The maximum absolute atomic E-state index is 11.7. The van der Waals surface area contributed by atoms with E-state index in [9.17, 15) is 14.4 Å². The summed E-state index contributed by atoms with van der Waals surface area (Å²) in [5.41, 5.74) is 4.95. The van der Waals surface area contributed by atoms with Gasteiger partial charge in [-0.05, 0) is 31.1 Å². The van der Waals surface area contributed by atoms with Gasteiger partial charge in [0.25, 0.3) is 0 Å². The average molecular weight is 269 g/mol. The number of aliphatic carboxylic acids is 1. The number of carboxylic acids is 1. The third kappa shape index (κ3) is 3.36. The molecular weight excluding hydrogens is 250 g/mol. The summed E-state index contributed by atoms with van der Waals surface area (Å²) in [5, 5.41) is 14.0.